The van der Waals surface area contributed by atoms with Crippen LogP contribution in [0.4, 0.5) is 11.4 Å². The number of anilines is 2. The Hall–Kier alpha value is -3.13. The van der Waals surface area contributed by atoms with Crippen LogP contribution in [-0.2, 0) is 9.59 Å². The second-order valence-electron chi connectivity index (χ2n) is 7.66. The van der Waals surface area contributed by atoms with Crippen molar-refractivity contribution in [2.45, 2.75) is 43.6 Å². The van der Waals surface area contributed by atoms with E-state index in [1.54, 1.807) is 24.8 Å². The van der Waals surface area contributed by atoms with Crippen molar-refractivity contribution in [3.05, 3.63) is 60.4 Å². The van der Waals surface area contributed by atoms with Gasteiger partial charge >= 0.3 is 0 Å². The number of hydrogen-bond donors (Lipinski definition) is 1. The van der Waals surface area contributed by atoms with Crippen molar-refractivity contribution in [3.63, 3.8) is 0 Å². The molecular weight excluding hydrogens is 398 g/mol. The van der Waals surface area contributed by atoms with Crippen LogP contribution >= 0.6 is 11.8 Å². The van der Waals surface area contributed by atoms with E-state index in [9.17, 15) is 9.59 Å². The lowest BCUT2D eigenvalue weighted by atomic mass is 9.96. The van der Waals surface area contributed by atoms with Crippen LogP contribution in [0.2, 0.25) is 0 Å². The van der Waals surface area contributed by atoms with Gasteiger partial charge in [0.2, 0.25) is 11.8 Å². The Bertz CT molecular complexity index is 1110. The molecule has 0 saturated carbocycles. The maximum atomic E-state index is 13.5. The molecule has 7 nitrogen and oxygen atoms in total. The van der Waals surface area contributed by atoms with Crippen LogP contribution < -0.4 is 10.2 Å². The third-order valence-electron chi connectivity index (χ3n) is 5.17. The first kappa shape index (κ1) is 20.2. The van der Waals surface area contributed by atoms with Crippen molar-refractivity contribution >= 4 is 35.0 Å². The second kappa shape index (κ2) is 7.60. The number of aromatic nitrogens is 3. The van der Waals surface area contributed by atoms with Crippen LogP contribution in [-0.4, -0.2) is 37.4 Å². The number of aryl methyl sites for hydroxylation is 1. The van der Waals surface area contributed by atoms with Gasteiger partial charge in [-0.05, 0) is 52.0 Å². The van der Waals surface area contributed by atoms with Crippen LogP contribution in [0.25, 0.3) is 5.69 Å². The molecule has 0 bridgehead atoms. The largest absolute Gasteiger partial charge is 0.322 e. The molecule has 1 N–H and O–H groups in total. The van der Waals surface area contributed by atoms with Gasteiger partial charge in [-0.1, -0.05) is 42.1 Å². The van der Waals surface area contributed by atoms with Crippen molar-refractivity contribution in [1.29, 1.82) is 0 Å². The van der Waals surface area contributed by atoms with E-state index < -0.39 is 10.8 Å². The Labute approximate surface area is 179 Å². The first-order valence-corrected chi connectivity index (χ1v) is 10.6. The Morgan fingerprint density at radius 1 is 1.07 bits per heavy atom. The zero-order chi connectivity index (χ0) is 21.5. The summed E-state index contributed by atoms with van der Waals surface area (Å²) in [5.41, 5.74) is 1.25. The normalized spacial score (nSPS) is 16.0. The minimum atomic E-state index is -1.01. The molecule has 3 aromatic rings. The molecule has 2 amide bonds. The van der Waals surface area contributed by atoms with E-state index in [1.165, 1.54) is 11.8 Å². The topological polar surface area (TPSA) is 80.1 Å². The SMILES string of the molecule is Cc1nnc(S[C@@H](C)C(=O)N2c3ccccc3NC(=O)C2(C)C)n1-c1ccccc1. The number of thioether (sulfide) groups is 1. The van der Waals surface area contributed by atoms with E-state index in [0.29, 0.717) is 16.5 Å². The maximum absolute atomic E-state index is 13.5. The summed E-state index contributed by atoms with van der Waals surface area (Å²) in [6, 6.07) is 17.1. The Morgan fingerprint density at radius 2 is 1.73 bits per heavy atom. The van der Waals surface area contributed by atoms with Crippen LogP contribution in [0.5, 0.6) is 0 Å². The number of para-hydroxylation sites is 3. The van der Waals surface area contributed by atoms with Gasteiger partial charge in [-0.15, -0.1) is 10.2 Å². The summed E-state index contributed by atoms with van der Waals surface area (Å²) in [7, 11) is 0. The number of carbonyl (C=O) groups excluding carboxylic acids is 2. The van der Waals surface area contributed by atoms with E-state index in [4.69, 9.17) is 0 Å². The number of amides is 2. The molecule has 0 unspecified atom stereocenters. The zero-order valence-corrected chi connectivity index (χ0v) is 18.1. The summed E-state index contributed by atoms with van der Waals surface area (Å²) >= 11 is 1.33. The van der Waals surface area contributed by atoms with Crippen LogP contribution in [0, 0.1) is 6.92 Å². The highest BCUT2D eigenvalue weighted by Crippen LogP contribution is 2.38. The average molecular weight is 422 g/mol. The summed E-state index contributed by atoms with van der Waals surface area (Å²) in [4.78, 5) is 27.8. The van der Waals surface area contributed by atoms with Crippen molar-refractivity contribution in [3.8, 4) is 5.69 Å². The number of benzene rings is 2. The number of nitrogens with zero attached hydrogens (tertiary/aromatic N) is 4. The number of rotatable bonds is 4. The molecule has 4 rings (SSSR count). The fourth-order valence-electron chi connectivity index (χ4n) is 3.53. The molecule has 154 valence electrons. The summed E-state index contributed by atoms with van der Waals surface area (Å²) in [6.07, 6.45) is 0. The first-order chi connectivity index (χ1) is 14.3. The Kier molecular flexibility index (Phi) is 5.11. The van der Waals surface area contributed by atoms with E-state index in [1.807, 2.05) is 66.9 Å². The van der Waals surface area contributed by atoms with Gasteiger partial charge in [0.15, 0.2) is 5.16 Å². The standard InChI is InChI=1S/C22H23N5O2S/c1-14(30-21-25-24-15(2)26(21)16-10-6-5-7-11-16)19(28)27-18-13-9-8-12-17(18)23-20(29)22(27,3)4/h5-14H,1-4H3,(H,23,29)/t14-/m0/s1. The summed E-state index contributed by atoms with van der Waals surface area (Å²) in [5.74, 6) is 0.369. The highest BCUT2D eigenvalue weighted by molar-refractivity contribution is 8.00. The number of carbonyl (C=O) groups is 2. The first-order valence-electron chi connectivity index (χ1n) is 9.69. The number of hydrogen-bond acceptors (Lipinski definition) is 5. The molecule has 1 aliphatic rings. The lowest BCUT2D eigenvalue weighted by Gasteiger charge is -2.43. The lowest BCUT2D eigenvalue weighted by Crippen LogP contribution is -2.60. The van der Waals surface area contributed by atoms with Gasteiger partial charge in [-0.25, -0.2) is 0 Å². The Balaban J connectivity index is 1.66. The van der Waals surface area contributed by atoms with Gasteiger partial charge < -0.3 is 5.32 Å². The van der Waals surface area contributed by atoms with Gasteiger partial charge in [0.05, 0.1) is 16.6 Å². The fraction of sp³-hybridized carbons (Fsp3) is 0.273. The smallest absolute Gasteiger partial charge is 0.250 e. The van der Waals surface area contributed by atoms with Gasteiger partial charge in [-0.2, -0.15) is 0 Å². The molecule has 0 fully saturated rings. The van der Waals surface area contributed by atoms with Crippen molar-refractivity contribution in [1.82, 2.24) is 14.8 Å². The molecule has 1 aliphatic heterocycles. The summed E-state index contributed by atoms with van der Waals surface area (Å²) < 4.78 is 1.93. The van der Waals surface area contributed by atoms with E-state index in [2.05, 4.69) is 15.5 Å². The molecule has 1 aromatic heterocycles. The highest BCUT2D eigenvalue weighted by atomic mass is 32.2. The monoisotopic (exact) mass is 421 g/mol. The molecule has 0 radical (unpaired) electrons. The zero-order valence-electron chi connectivity index (χ0n) is 17.3. The highest BCUT2D eigenvalue weighted by Gasteiger charge is 2.45. The molecule has 1 atom stereocenters. The molecule has 0 saturated heterocycles. The Morgan fingerprint density at radius 3 is 2.47 bits per heavy atom. The predicted octanol–water partition coefficient (Wildman–Crippen LogP) is 3.82. The predicted molar refractivity (Wildman–Crippen MR) is 118 cm³/mol. The maximum Gasteiger partial charge on any atom is 0.250 e. The lowest BCUT2D eigenvalue weighted by molar-refractivity contribution is -0.126. The molecule has 8 heteroatoms. The minimum Gasteiger partial charge on any atom is -0.322 e. The van der Waals surface area contributed by atoms with Crippen molar-refractivity contribution in [2.75, 3.05) is 10.2 Å². The molecule has 0 aliphatic carbocycles. The molecule has 0 spiro atoms. The van der Waals surface area contributed by atoms with Gasteiger partial charge in [-0.3, -0.25) is 19.1 Å². The molecule has 2 heterocycles. The average Bonchev–Trinajstić information content (AvgIpc) is 3.09. The van der Waals surface area contributed by atoms with Crippen LogP contribution in [0.3, 0.4) is 0 Å². The van der Waals surface area contributed by atoms with Crippen molar-refractivity contribution in [2.24, 2.45) is 0 Å². The van der Waals surface area contributed by atoms with Gasteiger partial charge in [0.1, 0.15) is 11.4 Å². The van der Waals surface area contributed by atoms with Gasteiger partial charge in [0, 0.05) is 5.69 Å². The third-order valence-corrected chi connectivity index (χ3v) is 6.20. The summed E-state index contributed by atoms with van der Waals surface area (Å²) in [5, 5.41) is 11.5. The quantitative estimate of drug-likeness (QED) is 0.648. The van der Waals surface area contributed by atoms with E-state index in [0.717, 1.165) is 11.5 Å². The molecule has 2 aromatic carbocycles. The molecule has 30 heavy (non-hydrogen) atoms. The van der Waals surface area contributed by atoms with E-state index in [-0.39, 0.29) is 11.8 Å². The summed E-state index contributed by atoms with van der Waals surface area (Å²) in [6.45, 7) is 7.22. The van der Waals surface area contributed by atoms with Gasteiger partial charge in [0.25, 0.3) is 0 Å². The number of fused-ring (bicyclic) bond motifs is 1. The van der Waals surface area contributed by atoms with Crippen LogP contribution in [0.15, 0.2) is 59.8 Å². The minimum absolute atomic E-state index is 0.160. The van der Waals surface area contributed by atoms with Crippen LogP contribution in [0.1, 0.15) is 26.6 Å². The second-order valence-corrected chi connectivity index (χ2v) is 8.97. The fourth-order valence-corrected chi connectivity index (χ4v) is 4.48. The number of nitrogens with one attached hydrogen (secondary N) is 1. The molecular formula is C22H23N5O2S. The van der Waals surface area contributed by atoms with Crippen molar-refractivity contribution < 1.29 is 9.59 Å². The third kappa shape index (κ3) is 3.37. The van der Waals surface area contributed by atoms with E-state index >= 15 is 0 Å².